The fourth-order valence-electron chi connectivity index (χ4n) is 5.19. The lowest BCUT2D eigenvalue weighted by Crippen LogP contribution is -2.46. The van der Waals surface area contributed by atoms with E-state index in [-0.39, 0.29) is 10.8 Å². The van der Waals surface area contributed by atoms with Gasteiger partial charge in [0, 0.05) is 29.6 Å². The maximum absolute atomic E-state index is 11.1. The summed E-state index contributed by atoms with van der Waals surface area (Å²) in [6, 6.07) is 14.8. The molecule has 4 rings (SSSR count). The van der Waals surface area contributed by atoms with Gasteiger partial charge in [0.25, 0.3) is 6.47 Å². The van der Waals surface area contributed by atoms with Crippen LogP contribution in [-0.2, 0) is 4.79 Å². The molecule has 2 aromatic rings. The van der Waals surface area contributed by atoms with Crippen LogP contribution in [-0.4, -0.2) is 30.6 Å². The van der Waals surface area contributed by atoms with Crippen LogP contribution in [0.25, 0.3) is 5.57 Å². The number of carboxylic acid groups (broad SMARTS) is 1. The van der Waals surface area contributed by atoms with Gasteiger partial charge in [-0.1, -0.05) is 50.6 Å². The number of anilines is 1. The minimum absolute atomic E-state index is 0.00269. The number of rotatable bonds is 5. The third-order valence-electron chi connectivity index (χ3n) is 6.64. The molecule has 0 saturated heterocycles. The fourth-order valence-corrected chi connectivity index (χ4v) is 5.19. The predicted molar refractivity (Wildman–Crippen MR) is 121 cm³/mol. The third-order valence-corrected chi connectivity index (χ3v) is 6.64. The molecule has 2 aliphatic rings. The Morgan fingerprint density at radius 2 is 1.71 bits per heavy atom. The van der Waals surface area contributed by atoms with Crippen molar-refractivity contribution in [3.63, 3.8) is 0 Å². The molecule has 160 valence electrons. The number of benzene rings is 2. The van der Waals surface area contributed by atoms with Crippen LogP contribution in [0.2, 0.25) is 0 Å². The molecule has 0 spiro atoms. The summed E-state index contributed by atoms with van der Waals surface area (Å²) in [5.74, 6) is -0.365. The van der Waals surface area contributed by atoms with Crippen LogP contribution < -0.4 is 9.64 Å². The van der Waals surface area contributed by atoms with Crippen LogP contribution >= 0.6 is 0 Å². The largest absolute Gasteiger partial charge is 0.478 e. The van der Waals surface area contributed by atoms with Crippen molar-refractivity contribution in [1.82, 2.24) is 0 Å². The van der Waals surface area contributed by atoms with Crippen LogP contribution in [0, 0.1) is 10.8 Å². The minimum Gasteiger partial charge on any atom is -0.478 e. The molecule has 0 saturated carbocycles. The summed E-state index contributed by atoms with van der Waals surface area (Å²) in [5, 5.41) is 9.15. The van der Waals surface area contributed by atoms with Gasteiger partial charge >= 0.3 is 5.97 Å². The number of nitrogens with zero attached hydrogens (tertiary/aromatic N) is 1. The van der Waals surface area contributed by atoms with E-state index in [1.165, 1.54) is 11.1 Å². The highest BCUT2D eigenvalue weighted by Crippen LogP contribution is 2.55. The summed E-state index contributed by atoms with van der Waals surface area (Å²) in [6.07, 6.45) is 5.60. The molecule has 0 aromatic heterocycles. The van der Waals surface area contributed by atoms with E-state index < -0.39 is 5.97 Å². The molecule has 1 aliphatic heterocycles. The average Bonchev–Trinajstić information content (AvgIpc) is 2.74. The van der Waals surface area contributed by atoms with E-state index >= 15 is 0 Å². The summed E-state index contributed by atoms with van der Waals surface area (Å²) in [5.41, 5.74) is 5.07. The van der Waals surface area contributed by atoms with Crippen LogP contribution in [0.4, 0.5) is 5.69 Å². The van der Waals surface area contributed by atoms with Crippen molar-refractivity contribution in [3.8, 4) is 5.75 Å². The second-order valence-corrected chi connectivity index (χ2v) is 9.10. The molecule has 1 N–H and O–H groups in total. The molecular weight excluding hydrogens is 390 g/mol. The molecular formula is C26H27NO4. The van der Waals surface area contributed by atoms with E-state index in [1.807, 2.05) is 36.4 Å². The molecule has 1 aliphatic carbocycles. The van der Waals surface area contributed by atoms with Gasteiger partial charge < -0.3 is 14.7 Å². The lowest BCUT2D eigenvalue weighted by Gasteiger charge is -2.51. The Bertz CT molecular complexity index is 1060. The molecule has 5 heteroatoms. The topological polar surface area (TPSA) is 66.8 Å². The molecule has 1 heterocycles. The fraction of sp³-hybridized carbons (Fsp3) is 0.308. The van der Waals surface area contributed by atoms with E-state index in [9.17, 15) is 9.59 Å². The van der Waals surface area contributed by atoms with Gasteiger partial charge in [0.15, 0.2) is 0 Å². The SMILES string of the molecule is CC1(C)C(c2ccc(OC=O)cc2)=CC[C@]2(C)CN(c3ccc(C(=O)O)cc3)CC=C12. The smallest absolute Gasteiger partial charge is 0.335 e. The molecule has 1 atom stereocenters. The van der Waals surface area contributed by atoms with Gasteiger partial charge in [0.2, 0.25) is 0 Å². The second kappa shape index (κ2) is 7.73. The van der Waals surface area contributed by atoms with Crippen molar-refractivity contribution in [2.75, 3.05) is 18.0 Å². The number of hydrogen-bond donors (Lipinski definition) is 1. The van der Waals surface area contributed by atoms with Gasteiger partial charge in [-0.25, -0.2) is 4.79 Å². The number of ether oxygens (including phenoxy) is 1. The van der Waals surface area contributed by atoms with Crippen LogP contribution in [0.1, 0.15) is 43.1 Å². The number of carbonyl (C=O) groups is 2. The van der Waals surface area contributed by atoms with Crippen LogP contribution in [0.3, 0.4) is 0 Å². The lowest BCUT2D eigenvalue weighted by atomic mass is 9.58. The maximum atomic E-state index is 11.1. The summed E-state index contributed by atoms with van der Waals surface area (Å²) in [6.45, 7) is 8.97. The average molecular weight is 418 g/mol. The van der Waals surface area contributed by atoms with E-state index in [0.717, 1.165) is 30.8 Å². The lowest BCUT2D eigenvalue weighted by molar-refractivity contribution is -0.120. The Kier molecular flexibility index (Phi) is 5.21. The first-order chi connectivity index (χ1) is 14.7. The molecule has 5 nitrogen and oxygen atoms in total. The van der Waals surface area contributed by atoms with Crippen molar-refractivity contribution in [2.24, 2.45) is 10.8 Å². The molecule has 0 fully saturated rings. The number of fused-ring (bicyclic) bond motifs is 1. The highest BCUT2D eigenvalue weighted by molar-refractivity contribution is 5.88. The Balaban J connectivity index is 1.61. The second-order valence-electron chi connectivity index (χ2n) is 9.10. The number of hydrogen-bond acceptors (Lipinski definition) is 4. The quantitative estimate of drug-likeness (QED) is 0.536. The van der Waals surface area contributed by atoms with Gasteiger partial charge in [-0.05, 0) is 54.0 Å². The first kappa shape index (κ1) is 20.9. The molecule has 31 heavy (non-hydrogen) atoms. The number of allylic oxidation sites excluding steroid dienone is 2. The highest BCUT2D eigenvalue weighted by atomic mass is 16.5. The van der Waals surface area contributed by atoms with Gasteiger partial charge in [0.05, 0.1) is 5.56 Å². The first-order valence-electron chi connectivity index (χ1n) is 10.5. The molecule has 0 bridgehead atoms. The Hall–Kier alpha value is -3.34. The predicted octanol–water partition coefficient (Wildman–Crippen LogP) is 5.19. The molecule has 0 unspecified atom stereocenters. The van der Waals surface area contributed by atoms with Crippen LogP contribution in [0.15, 0.2) is 66.3 Å². The van der Waals surface area contributed by atoms with Gasteiger partial charge in [0.1, 0.15) is 5.75 Å². The van der Waals surface area contributed by atoms with E-state index in [2.05, 4.69) is 37.8 Å². The number of carbonyl (C=O) groups excluding carboxylic acids is 1. The zero-order chi connectivity index (χ0) is 22.2. The number of carboxylic acids is 1. The molecule has 0 amide bonds. The van der Waals surface area contributed by atoms with Crippen molar-refractivity contribution < 1.29 is 19.4 Å². The minimum atomic E-state index is -0.906. The Morgan fingerprint density at radius 3 is 2.32 bits per heavy atom. The summed E-state index contributed by atoms with van der Waals surface area (Å²) in [4.78, 5) is 24.0. The Morgan fingerprint density at radius 1 is 1.03 bits per heavy atom. The Labute approximate surface area is 182 Å². The van der Waals surface area contributed by atoms with E-state index in [4.69, 9.17) is 9.84 Å². The van der Waals surface area contributed by atoms with Gasteiger partial charge in [-0.3, -0.25) is 4.79 Å². The van der Waals surface area contributed by atoms with Gasteiger partial charge in [-0.15, -0.1) is 0 Å². The van der Waals surface area contributed by atoms with Crippen LogP contribution in [0.5, 0.6) is 5.75 Å². The van der Waals surface area contributed by atoms with Gasteiger partial charge in [-0.2, -0.15) is 0 Å². The van der Waals surface area contributed by atoms with Crippen molar-refractivity contribution >= 4 is 23.7 Å². The molecule has 0 radical (unpaired) electrons. The van der Waals surface area contributed by atoms with Crippen molar-refractivity contribution in [1.29, 1.82) is 0 Å². The maximum Gasteiger partial charge on any atom is 0.335 e. The standard InChI is InChI=1S/C26H27NO4/c1-25(2)22(18-6-10-21(11-7-18)31-17-28)12-14-26(3)16-27(15-13-23(25)26)20-8-4-19(5-9-20)24(29)30/h4-13,17H,14-16H2,1-3H3,(H,29,30)/t26-/m1/s1. The normalized spacial score (nSPS) is 22.1. The van der Waals surface area contributed by atoms with Crippen molar-refractivity contribution in [2.45, 2.75) is 27.2 Å². The summed E-state index contributed by atoms with van der Waals surface area (Å²) in [7, 11) is 0. The monoisotopic (exact) mass is 417 g/mol. The summed E-state index contributed by atoms with van der Waals surface area (Å²) < 4.78 is 4.93. The zero-order valence-corrected chi connectivity index (χ0v) is 18.1. The first-order valence-corrected chi connectivity index (χ1v) is 10.5. The highest BCUT2D eigenvalue weighted by Gasteiger charge is 2.45. The van der Waals surface area contributed by atoms with Crippen molar-refractivity contribution in [3.05, 3.63) is 77.4 Å². The van der Waals surface area contributed by atoms with E-state index in [0.29, 0.717) is 17.8 Å². The molecule has 2 aromatic carbocycles. The zero-order valence-electron chi connectivity index (χ0n) is 18.1. The number of aromatic carboxylic acids is 1. The van der Waals surface area contributed by atoms with E-state index in [1.54, 1.807) is 12.1 Å². The third kappa shape index (κ3) is 3.76. The summed E-state index contributed by atoms with van der Waals surface area (Å²) >= 11 is 0.